The first kappa shape index (κ1) is 20.9. The monoisotopic (exact) mass is 476 g/mol. The van der Waals surface area contributed by atoms with Crippen LogP contribution in [-0.4, -0.2) is 40.8 Å². The molecule has 36 heavy (non-hydrogen) atoms. The average Bonchev–Trinajstić information content (AvgIpc) is 3.85. The van der Waals surface area contributed by atoms with Gasteiger partial charge < -0.3 is 5.32 Å². The van der Waals surface area contributed by atoms with Crippen molar-refractivity contribution < 1.29 is 4.79 Å². The summed E-state index contributed by atoms with van der Waals surface area (Å²) in [5, 5.41) is 15.9. The lowest BCUT2D eigenvalue weighted by atomic mass is 10.1. The molecule has 1 aromatic carbocycles. The number of amides is 1. The van der Waals surface area contributed by atoms with Gasteiger partial charge >= 0.3 is 0 Å². The minimum Gasteiger partial charge on any atom is -0.322 e. The van der Waals surface area contributed by atoms with Crippen molar-refractivity contribution in [1.82, 2.24) is 34.9 Å². The zero-order chi connectivity index (χ0) is 24.2. The van der Waals surface area contributed by atoms with Crippen LogP contribution in [0.15, 0.2) is 54.7 Å². The summed E-state index contributed by atoms with van der Waals surface area (Å²) in [6.45, 7) is 1.90. The highest BCUT2D eigenvalue weighted by molar-refractivity contribution is 6.13. The molecule has 0 radical (unpaired) electrons. The summed E-state index contributed by atoms with van der Waals surface area (Å²) in [5.41, 5.74) is 4.42. The molecule has 0 bridgehead atoms. The molecule has 0 aliphatic heterocycles. The standard InChI is InChI=1S/C27H24N8O/c1-15-23-20(14-21(16-8-9-16)30-26(23)35(34-15)22-7-2-3-12-28-22)27(36)29-19-6-4-5-18(13-19)25-31-24(32-33-25)17-10-11-17/h2-7,12-14,16-17H,8-11H2,1H3,(H,29,36)(H,31,32,33). The fourth-order valence-electron chi connectivity index (χ4n) is 4.59. The lowest BCUT2D eigenvalue weighted by Crippen LogP contribution is -2.14. The van der Waals surface area contributed by atoms with Crippen LogP contribution in [0.5, 0.6) is 0 Å². The second-order valence-corrected chi connectivity index (χ2v) is 9.61. The van der Waals surface area contributed by atoms with Crippen LogP contribution in [0.3, 0.4) is 0 Å². The van der Waals surface area contributed by atoms with Crippen molar-refractivity contribution in [3.63, 3.8) is 0 Å². The molecule has 4 heterocycles. The lowest BCUT2D eigenvalue weighted by molar-refractivity contribution is 0.102. The summed E-state index contributed by atoms with van der Waals surface area (Å²) in [5.74, 6) is 2.93. The van der Waals surface area contributed by atoms with Crippen LogP contribution in [0, 0.1) is 6.92 Å². The molecule has 1 amide bonds. The number of nitrogens with zero attached hydrogens (tertiary/aromatic N) is 6. The SMILES string of the molecule is Cc1nn(-c2ccccn2)c2nc(C3CC3)cc(C(=O)Nc3cccc(-c4n[nH]c(C5CC5)n4)c3)c12. The third-order valence-electron chi connectivity index (χ3n) is 6.78. The minimum atomic E-state index is -0.196. The second-order valence-electron chi connectivity index (χ2n) is 9.61. The van der Waals surface area contributed by atoms with Crippen LogP contribution in [0.1, 0.15) is 65.1 Å². The quantitative estimate of drug-likeness (QED) is 0.360. The second kappa shape index (κ2) is 8.08. The maximum Gasteiger partial charge on any atom is 0.256 e. The van der Waals surface area contributed by atoms with E-state index in [-0.39, 0.29) is 5.91 Å². The van der Waals surface area contributed by atoms with Gasteiger partial charge in [-0.25, -0.2) is 15.0 Å². The largest absolute Gasteiger partial charge is 0.322 e. The van der Waals surface area contributed by atoms with Crippen molar-refractivity contribution in [2.75, 3.05) is 5.32 Å². The third-order valence-corrected chi connectivity index (χ3v) is 6.78. The average molecular weight is 477 g/mol. The van der Waals surface area contributed by atoms with Gasteiger partial charge in [0.2, 0.25) is 0 Å². The number of anilines is 1. The Morgan fingerprint density at radius 2 is 1.89 bits per heavy atom. The number of carbonyl (C=O) groups excluding carboxylic acids is 1. The Morgan fingerprint density at radius 3 is 2.67 bits per heavy atom. The highest BCUT2D eigenvalue weighted by Gasteiger charge is 2.29. The first-order valence-electron chi connectivity index (χ1n) is 12.3. The number of rotatable bonds is 6. The van der Waals surface area contributed by atoms with Crippen LogP contribution in [0.4, 0.5) is 5.69 Å². The van der Waals surface area contributed by atoms with Gasteiger partial charge in [0, 0.05) is 35.0 Å². The molecule has 0 atom stereocenters. The van der Waals surface area contributed by atoms with Gasteiger partial charge in [0.25, 0.3) is 5.91 Å². The van der Waals surface area contributed by atoms with E-state index in [1.807, 2.05) is 55.5 Å². The number of carbonyl (C=O) groups is 1. The van der Waals surface area contributed by atoms with E-state index >= 15 is 0 Å². The van der Waals surface area contributed by atoms with Gasteiger partial charge in [-0.05, 0) is 62.9 Å². The van der Waals surface area contributed by atoms with E-state index in [1.54, 1.807) is 10.9 Å². The summed E-state index contributed by atoms with van der Waals surface area (Å²) in [7, 11) is 0. The number of aryl methyl sites for hydroxylation is 1. The summed E-state index contributed by atoms with van der Waals surface area (Å²) in [6, 6.07) is 15.2. The number of hydrogen-bond donors (Lipinski definition) is 2. The molecule has 2 aliphatic carbocycles. The summed E-state index contributed by atoms with van der Waals surface area (Å²) >= 11 is 0. The van der Waals surface area contributed by atoms with E-state index in [4.69, 9.17) is 10.1 Å². The number of aromatic amines is 1. The molecule has 0 saturated heterocycles. The van der Waals surface area contributed by atoms with Crippen molar-refractivity contribution in [3.8, 4) is 17.2 Å². The molecule has 2 saturated carbocycles. The summed E-state index contributed by atoms with van der Waals surface area (Å²) in [4.78, 5) is 27.6. The van der Waals surface area contributed by atoms with E-state index in [1.165, 1.54) is 0 Å². The molecule has 2 fully saturated rings. The van der Waals surface area contributed by atoms with Crippen molar-refractivity contribution in [3.05, 3.63) is 77.5 Å². The van der Waals surface area contributed by atoms with Crippen LogP contribution < -0.4 is 5.32 Å². The predicted octanol–water partition coefficient (Wildman–Crippen LogP) is 4.92. The van der Waals surface area contributed by atoms with E-state index in [0.29, 0.717) is 40.4 Å². The molecule has 4 aromatic heterocycles. The highest BCUT2D eigenvalue weighted by Crippen LogP contribution is 2.41. The number of nitrogens with one attached hydrogen (secondary N) is 2. The zero-order valence-electron chi connectivity index (χ0n) is 19.8. The van der Waals surface area contributed by atoms with E-state index in [9.17, 15) is 4.79 Å². The van der Waals surface area contributed by atoms with Gasteiger partial charge in [-0.2, -0.15) is 14.9 Å². The van der Waals surface area contributed by atoms with Gasteiger partial charge in [-0.3, -0.25) is 9.89 Å². The molecule has 7 rings (SSSR count). The number of H-pyrrole nitrogens is 1. The summed E-state index contributed by atoms with van der Waals surface area (Å²) < 4.78 is 1.73. The maximum absolute atomic E-state index is 13.6. The van der Waals surface area contributed by atoms with Crippen molar-refractivity contribution >= 4 is 22.6 Å². The highest BCUT2D eigenvalue weighted by atomic mass is 16.1. The molecule has 0 unspecified atom stereocenters. The fourth-order valence-corrected chi connectivity index (χ4v) is 4.59. The Labute approximate surface area is 207 Å². The van der Waals surface area contributed by atoms with E-state index in [0.717, 1.165) is 53.8 Å². The van der Waals surface area contributed by atoms with E-state index in [2.05, 4.69) is 25.5 Å². The van der Waals surface area contributed by atoms with Gasteiger partial charge in [0.05, 0.1) is 16.6 Å². The number of pyridine rings is 2. The van der Waals surface area contributed by atoms with Gasteiger partial charge in [-0.1, -0.05) is 18.2 Å². The molecule has 2 aliphatic rings. The van der Waals surface area contributed by atoms with E-state index < -0.39 is 0 Å². The van der Waals surface area contributed by atoms with Crippen LogP contribution >= 0.6 is 0 Å². The lowest BCUT2D eigenvalue weighted by Gasteiger charge is -2.10. The Kier molecular flexibility index (Phi) is 4.70. The maximum atomic E-state index is 13.6. The number of aromatic nitrogens is 7. The Hall–Kier alpha value is -4.40. The molecule has 178 valence electrons. The molecule has 0 spiro atoms. The Balaban J connectivity index is 1.26. The minimum absolute atomic E-state index is 0.196. The normalized spacial score (nSPS) is 15.4. The Morgan fingerprint density at radius 1 is 1.03 bits per heavy atom. The number of benzene rings is 1. The first-order chi connectivity index (χ1) is 17.6. The van der Waals surface area contributed by atoms with Gasteiger partial charge in [0.1, 0.15) is 5.82 Å². The Bertz CT molecular complexity index is 1610. The third kappa shape index (κ3) is 3.73. The van der Waals surface area contributed by atoms with Crippen molar-refractivity contribution in [1.29, 1.82) is 0 Å². The molecular weight excluding hydrogens is 452 g/mol. The zero-order valence-corrected chi connectivity index (χ0v) is 19.8. The van der Waals surface area contributed by atoms with Gasteiger partial charge in [0.15, 0.2) is 17.3 Å². The molecule has 2 N–H and O–H groups in total. The number of hydrogen-bond acceptors (Lipinski definition) is 6. The van der Waals surface area contributed by atoms with Crippen molar-refractivity contribution in [2.45, 2.75) is 44.4 Å². The number of fused-ring (bicyclic) bond motifs is 1. The molecular formula is C27H24N8O. The van der Waals surface area contributed by atoms with Crippen LogP contribution in [-0.2, 0) is 0 Å². The molecule has 5 aromatic rings. The van der Waals surface area contributed by atoms with Crippen molar-refractivity contribution in [2.24, 2.45) is 0 Å². The fraction of sp³-hybridized carbons (Fsp3) is 0.259. The molecule has 9 nitrogen and oxygen atoms in total. The topological polar surface area (TPSA) is 114 Å². The predicted molar refractivity (Wildman–Crippen MR) is 135 cm³/mol. The smallest absolute Gasteiger partial charge is 0.256 e. The van der Waals surface area contributed by atoms with Crippen LogP contribution in [0.25, 0.3) is 28.2 Å². The summed E-state index contributed by atoms with van der Waals surface area (Å²) in [6.07, 6.45) is 6.20. The van der Waals surface area contributed by atoms with Crippen LogP contribution in [0.2, 0.25) is 0 Å². The first-order valence-corrected chi connectivity index (χ1v) is 12.3. The molecule has 9 heteroatoms. The van der Waals surface area contributed by atoms with Gasteiger partial charge in [-0.15, -0.1) is 0 Å².